The monoisotopic (exact) mass is 625 g/mol. The van der Waals surface area contributed by atoms with Gasteiger partial charge >= 0.3 is 12.1 Å². The molecule has 4 rings (SSSR count). The molecule has 0 spiro atoms. The van der Waals surface area contributed by atoms with Gasteiger partial charge in [-0.05, 0) is 85.5 Å². The number of benzene rings is 4. The predicted molar refractivity (Wildman–Crippen MR) is 161 cm³/mol. The Bertz CT molecular complexity index is 1640. The number of halogens is 3. The van der Waals surface area contributed by atoms with Crippen molar-refractivity contribution in [2.45, 2.75) is 54.9 Å². The summed E-state index contributed by atoms with van der Waals surface area (Å²) >= 11 is 0. The van der Waals surface area contributed by atoms with Crippen molar-refractivity contribution in [2.75, 3.05) is 13.2 Å². The van der Waals surface area contributed by atoms with Crippen molar-refractivity contribution < 1.29 is 36.2 Å². The molecule has 2 unspecified atom stereocenters. The van der Waals surface area contributed by atoms with E-state index in [0.717, 1.165) is 23.3 Å². The highest BCUT2D eigenvalue weighted by atomic mass is 32.2. The van der Waals surface area contributed by atoms with Crippen LogP contribution in [0.15, 0.2) is 113 Å². The molecule has 4 aromatic carbocycles. The quantitative estimate of drug-likeness (QED) is 0.173. The highest BCUT2D eigenvalue weighted by Gasteiger charge is 2.31. The third kappa shape index (κ3) is 8.34. The number of ether oxygens (including phenoxy) is 1. The van der Waals surface area contributed by atoms with Crippen molar-refractivity contribution >= 4 is 15.8 Å². The van der Waals surface area contributed by atoms with Crippen LogP contribution in [0.4, 0.5) is 13.2 Å². The van der Waals surface area contributed by atoms with Crippen molar-refractivity contribution in [3.8, 4) is 0 Å². The average Bonchev–Trinajstić information content (AvgIpc) is 3.01. The Kier molecular flexibility index (Phi) is 10.6. The van der Waals surface area contributed by atoms with E-state index in [9.17, 15) is 31.5 Å². The number of rotatable bonds is 12. The number of carbonyl (C=O) groups excluding carboxylic acids is 1. The van der Waals surface area contributed by atoms with E-state index in [1.165, 1.54) is 48.5 Å². The first-order valence-corrected chi connectivity index (χ1v) is 15.6. The first-order valence-electron chi connectivity index (χ1n) is 14.1. The van der Waals surface area contributed by atoms with Crippen LogP contribution in [-0.4, -0.2) is 43.6 Å². The lowest BCUT2D eigenvalue weighted by Gasteiger charge is -2.31. The van der Waals surface area contributed by atoms with Crippen molar-refractivity contribution in [2.24, 2.45) is 0 Å². The fraction of sp³-hybridized carbons (Fsp3) is 0.265. The van der Waals surface area contributed by atoms with Crippen LogP contribution in [0, 0.1) is 0 Å². The summed E-state index contributed by atoms with van der Waals surface area (Å²) in [4.78, 5) is 14.0. The summed E-state index contributed by atoms with van der Waals surface area (Å²) in [6.45, 7) is 4.39. The summed E-state index contributed by atoms with van der Waals surface area (Å²) in [6.07, 6.45) is -5.18. The number of alkyl halides is 3. The molecule has 0 aromatic heterocycles. The van der Waals surface area contributed by atoms with E-state index >= 15 is 0 Å². The number of sulfone groups is 1. The maximum atomic E-state index is 13.3. The third-order valence-electron chi connectivity index (χ3n) is 7.30. The van der Waals surface area contributed by atoms with Gasteiger partial charge in [-0.1, -0.05) is 54.6 Å². The number of hydrogen-bond acceptors (Lipinski definition) is 6. The number of aliphatic hydroxyl groups excluding tert-OH is 1. The van der Waals surface area contributed by atoms with E-state index in [-0.39, 0.29) is 40.1 Å². The second-order valence-electron chi connectivity index (χ2n) is 10.5. The zero-order chi connectivity index (χ0) is 31.9. The van der Waals surface area contributed by atoms with Gasteiger partial charge in [-0.25, -0.2) is 13.2 Å². The molecule has 0 bridgehead atoms. The molecule has 44 heavy (non-hydrogen) atoms. The van der Waals surface area contributed by atoms with Gasteiger partial charge in [-0.3, -0.25) is 4.90 Å². The predicted octanol–water partition coefficient (Wildman–Crippen LogP) is 6.88. The molecule has 0 aliphatic carbocycles. The normalized spacial score (nSPS) is 13.4. The van der Waals surface area contributed by atoms with Crippen molar-refractivity contribution in [1.29, 1.82) is 0 Å². The summed E-state index contributed by atoms with van der Waals surface area (Å²) in [7, 11) is -3.83. The van der Waals surface area contributed by atoms with Gasteiger partial charge in [-0.2, -0.15) is 13.2 Å². The highest BCUT2D eigenvalue weighted by molar-refractivity contribution is 7.91. The van der Waals surface area contributed by atoms with Crippen molar-refractivity contribution in [3.63, 3.8) is 0 Å². The van der Waals surface area contributed by atoms with Crippen LogP contribution in [0.2, 0.25) is 0 Å². The van der Waals surface area contributed by atoms with Gasteiger partial charge in [-0.15, -0.1) is 0 Å². The van der Waals surface area contributed by atoms with Crippen molar-refractivity contribution in [3.05, 3.63) is 131 Å². The van der Waals surface area contributed by atoms with Crippen LogP contribution >= 0.6 is 0 Å². The Balaban J connectivity index is 1.50. The Hall–Kier alpha value is -3.99. The number of aliphatic hydroxyl groups is 1. The molecule has 0 heterocycles. The Labute approximate surface area is 255 Å². The minimum Gasteiger partial charge on any atom is -0.462 e. The lowest BCUT2D eigenvalue weighted by molar-refractivity contribution is -0.137. The zero-order valence-electron chi connectivity index (χ0n) is 24.4. The Morgan fingerprint density at radius 1 is 0.864 bits per heavy atom. The van der Waals surface area contributed by atoms with Crippen LogP contribution < -0.4 is 0 Å². The second kappa shape index (κ2) is 14.2. The Morgan fingerprint density at radius 3 is 2.07 bits per heavy atom. The second-order valence-corrected chi connectivity index (χ2v) is 12.4. The lowest BCUT2D eigenvalue weighted by Crippen LogP contribution is -2.37. The standard InChI is InChI=1S/C34H34F3NO5S/c1-3-43-33(40)27-14-18-31(19-15-27)44(41,42)30-16-12-25(13-17-30)20-24(2)38(22-26-8-5-4-6-9-26)23-32(39)28-10-7-11-29(21-28)34(35,36)37/h4-19,21,24,32,39H,3,20,22-23H2,1-2H3. The van der Waals surface area contributed by atoms with Crippen LogP contribution in [0.25, 0.3) is 0 Å². The van der Waals surface area contributed by atoms with Crippen LogP contribution in [-0.2, 0) is 33.7 Å². The van der Waals surface area contributed by atoms with Crippen molar-refractivity contribution in [1.82, 2.24) is 4.90 Å². The molecule has 0 aliphatic rings. The van der Waals surface area contributed by atoms with Crippen LogP contribution in [0.5, 0.6) is 0 Å². The molecule has 6 nitrogen and oxygen atoms in total. The number of carbonyl (C=O) groups is 1. The molecule has 232 valence electrons. The molecular formula is C34H34F3NO5S. The van der Waals surface area contributed by atoms with Gasteiger partial charge < -0.3 is 9.84 Å². The molecule has 1 N–H and O–H groups in total. The molecule has 0 saturated carbocycles. The van der Waals surface area contributed by atoms with E-state index in [1.54, 1.807) is 19.1 Å². The zero-order valence-corrected chi connectivity index (χ0v) is 25.2. The fourth-order valence-electron chi connectivity index (χ4n) is 4.86. The molecule has 2 atom stereocenters. The smallest absolute Gasteiger partial charge is 0.416 e. The molecule has 0 aliphatic heterocycles. The molecule has 0 fully saturated rings. The van der Waals surface area contributed by atoms with E-state index in [2.05, 4.69) is 0 Å². The largest absolute Gasteiger partial charge is 0.462 e. The SMILES string of the molecule is CCOC(=O)c1ccc(S(=O)(=O)c2ccc(CC(C)N(Cc3ccccc3)CC(O)c3cccc(C(F)(F)F)c3)cc2)cc1. The Morgan fingerprint density at radius 2 is 1.48 bits per heavy atom. The first-order chi connectivity index (χ1) is 20.9. The molecule has 10 heteroatoms. The van der Waals surface area contributed by atoms with Gasteiger partial charge in [0.1, 0.15) is 0 Å². The lowest BCUT2D eigenvalue weighted by atomic mass is 10.0. The van der Waals surface area contributed by atoms with Gasteiger partial charge in [0.15, 0.2) is 0 Å². The van der Waals surface area contributed by atoms with E-state index in [4.69, 9.17) is 4.74 Å². The van der Waals surface area contributed by atoms with Crippen LogP contribution in [0.3, 0.4) is 0 Å². The molecular weight excluding hydrogens is 591 g/mol. The molecule has 4 aromatic rings. The summed E-state index contributed by atoms with van der Waals surface area (Å²) in [5.41, 5.74) is 1.44. The molecule has 0 radical (unpaired) electrons. The summed E-state index contributed by atoms with van der Waals surface area (Å²) < 4.78 is 71.2. The van der Waals surface area contributed by atoms with Gasteiger partial charge in [0.25, 0.3) is 0 Å². The highest BCUT2D eigenvalue weighted by Crippen LogP contribution is 2.31. The minimum atomic E-state index is -4.52. The topological polar surface area (TPSA) is 83.9 Å². The van der Waals surface area contributed by atoms with E-state index in [0.29, 0.717) is 13.0 Å². The maximum Gasteiger partial charge on any atom is 0.416 e. The van der Waals surface area contributed by atoms with Crippen LogP contribution in [0.1, 0.15) is 52.6 Å². The minimum absolute atomic E-state index is 0.0456. The molecule has 0 saturated heterocycles. The third-order valence-corrected chi connectivity index (χ3v) is 9.08. The summed E-state index contributed by atoms with van der Waals surface area (Å²) in [5, 5.41) is 11.0. The average molecular weight is 626 g/mol. The summed E-state index contributed by atoms with van der Waals surface area (Å²) in [5.74, 6) is -0.529. The molecule has 0 amide bonds. The number of hydrogen-bond donors (Lipinski definition) is 1. The number of nitrogens with zero attached hydrogens (tertiary/aromatic N) is 1. The van der Waals surface area contributed by atoms with Gasteiger partial charge in [0.2, 0.25) is 9.84 Å². The van der Waals surface area contributed by atoms with E-state index in [1.807, 2.05) is 42.2 Å². The first kappa shape index (κ1) is 32.9. The summed E-state index contributed by atoms with van der Waals surface area (Å²) in [6, 6.07) is 26.2. The maximum absolute atomic E-state index is 13.3. The fourth-order valence-corrected chi connectivity index (χ4v) is 6.12. The number of esters is 1. The van der Waals surface area contributed by atoms with E-state index < -0.39 is 33.7 Å². The van der Waals surface area contributed by atoms with Gasteiger partial charge in [0, 0.05) is 19.1 Å². The van der Waals surface area contributed by atoms with Gasteiger partial charge in [0.05, 0.1) is 33.6 Å².